The molecular formula is C16H19ClN4O4. The summed E-state index contributed by atoms with van der Waals surface area (Å²) in [7, 11) is 1.61. The van der Waals surface area contributed by atoms with Crippen molar-refractivity contribution >= 4 is 23.6 Å². The number of rotatable bonds is 7. The van der Waals surface area contributed by atoms with Crippen molar-refractivity contribution in [2.75, 3.05) is 26.7 Å². The molecule has 0 radical (unpaired) electrons. The van der Waals surface area contributed by atoms with Crippen LogP contribution in [0.15, 0.2) is 28.8 Å². The number of amides is 2. The number of aromatic nitrogens is 2. The summed E-state index contributed by atoms with van der Waals surface area (Å²) in [5.74, 6) is 0.395. The molecule has 0 aliphatic heterocycles. The lowest BCUT2D eigenvalue weighted by Crippen LogP contribution is -2.41. The maximum Gasteiger partial charge on any atom is 0.325 e. The Morgan fingerprint density at radius 3 is 2.72 bits per heavy atom. The van der Waals surface area contributed by atoms with Crippen LogP contribution >= 0.6 is 11.6 Å². The number of nitrogens with zero attached hydrogens (tertiary/aromatic N) is 3. The number of ether oxygens (including phenoxy) is 1. The fourth-order valence-corrected chi connectivity index (χ4v) is 2.06. The molecule has 2 aromatic rings. The average Bonchev–Trinajstić information content (AvgIpc) is 3.07. The number of hydrogen-bond donors (Lipinski definition) is 1. The van der Waals surface area contributed by atoms with E-state index in [1.165, 1.54) is 4.90 Å². The molecule has 2 amide bonds. The molecule has 134 valence electrons. The van der Waals surface area contributed by atoms with Gasteiger partial charge in [-0.15, -0.1) is 0 Å². The molecule has 1 aromatic heterocycles. The molecule has 1 N–H and O–H groups in total. The van der Waals surface area contributed by atoms with Crippen molar-refractivity contribution in [2.24, 2.45) is 0 Å². The minimum Gasteiger partial charge on any atom is -0.465 e. The van der Waals surface area contributed by atoms with Crippen LogP contribution in [0.25, 0.3) is 11.5 Å². The van der Waals surface area contributed by atoms with Gasteiger partial charge in [0.1, 0.15) is 6.54 Å². The van der Waals surface area contributed by atoms with Crippen molar-refractivity contribution in [3.63, 3.8) is 0 Å². The SMILES string of the molecule is CCOC(=O)CNC(=O)N(C)CCc1noc(-c2ccc(Cl)cc2)n1. The van der Waals surface area contributed by atoms with Gasteiger partial charge in [-0.2, -0.15) is 4.98 Å². The normalized spacial score (nSPS) is 10.4. The summed E-state index contributed by atoms with van der Waals surface area (Å²) in [6.45, 7) is 2.18. The Kier molecular flexibility index (Phi) is 6.76. The lowest BCUT2D eigenvalue weighted by atomic mass is 10.2. The summed E-state index contributed by atoms with van der Waals surface area (Å²) in [6.07, 6.45) is 0.417. The minimum absolute atomic E-state index is 0.167. The maximum atomic E-state index is 11.9. The molecule has 0 aliphatic rings. The minimum atomic E-state index is -0.477. The summed E-state index contributed by atoms with van der Waals surface area (Å²) >= 11 is 5.84. The fraction of sp³-hybridized carbons (Fsp3) is 0.375. The third-order valence-electron chi connectivity index (χ3n) is 3.27. The van der Waals surface area contributed by atoms with Crippen molar-refractivity contribution < 1.29 is 18.8 Å². The van der Waals surface area contributed by atoms with Crippen LogP contribution in [0.3, 0.4) is 0 Å². The van der Waals surface area contributed by atoms with Gasteiger partial charge in [0, 0.05) is 30.6 Å². The van der Waals surface area contributed by atoms with E-state index in [-0.39, 0.29) is 19.2 Å². The van der Waals surface area contributed by atoms with Gasteiger partial charge in [-0.1, -0.05) is 16.8 Å². The second-order valence-corrected chi connectivity index (χ2v) is 5.59. The highest BCUT2D eigenvalue weighted by atomic mass is 35.5. The molecule has 0 saturated heterocycles. The Morgan fingerprint density at radius 2 is 2.04 bits per heavy atom. The quantitative estimate of drug-likeness (QED) is 0.754. The van der Waals surface area contributed by atoms with Crippen molar-refractivity contribution in [1.82, 2.24) is 20.4 Å². The van der Waals surface area contributed by atoms with E-state index in [0.717, 1.165) is 5.56 Å². The van der Waals surface area contributed by atoms with Gasteiger partial charge in [0.25, 0.3) is 5.89 Å². The van der Waals surface area contributed by atoms with Crippen LogP contribution in [0.5, 0.6) is 0 Å². The molecule has 2 rings (SSSR count). The van der Waals surface area contributed by atoms with Gasteiger partial charge in [0.05, 0.1) is 6.61 Å². The summed E-state index contributed by atoms with van der Waals surface area (Å²) in [6, 6.07) is 6.67. The zero-order valence-electron chi connectivity index (χ0n) is 14.0. The number of carbonyl (C=O) groups is 2. The van der Waals surface area contributed by atoms with Crippen LogP contribution in [0, 0.1) is 0 Å². The fourth-order valence-electron chi connectivity index (χ4n) is 1.93. The first-order valence-electron chi connectivity index (χ1n) is 7.72. The van der Waals surface area contributed by atoms with Crippen LogP contribution in [-0.2, 0) is 16.0 Å². The van der Waals surface area contributed by atoms with E-state index < -0.39 is 5.97 Å². The summed E-state index contributed by atoms with van der Waals surface area (Å²) in [5.41, 5.74) is 0.767. The number of nitrogens with one attached hydrogen (secondary N) is 1. The number of carbonyl (C=O) groups excluding carboxylic acids is 2. The second-order valence-electron chi connectivity index (χ2n) is 5.16. The Balaban J connectivity index is 1.81. The Hall–Kier alpha value is -2.61. The van der Waals surface area contributed by atoms with E-state index in [1.54, 1.807) is 38.2 Å². The zero-order chi connectivity index (χ0) is 18.2. The van der Waals surface area contributed by atoms with Crippen molar-refractivity contribution in [2.45, 2.75) is 13.3 Å². The predicted molar refractivity (Wildman–Crippen MR) is 91.1 cm³/mol. The monoisotopic (exact) mass is 366 g/mol. The number of esters is 1. The topological polar surface area (TPSA) is 97.6 Å². The van der Waals surface area contributed by atoms with E-state index in [0.29, 0.717) is 29.7 Å². The van der Waals surface area contributed by atoms with Gasteiger partial charge in [-0.05, 0) is 31.2 Å². The van der Waals surface area contributed by atoms with Crippen molar-refractivity contribution in [3.05, 3.63) is 35.1 Å². The van der Waals surface area contributed by atoms with Crippen molar-refractivity contribution in [1.29, 1.82) is 0 Å². The van der Waals surface area contributed by atoms with E-state index in [9.17, 15) is 9.59 Å². The van der Waals surface area contributed by atoms with Crippen LogP contribution in [0.2, 0.25) is 5.02 Å². The van der Waals surface area contributed by atoms with E-state index in [1.807, 2.05) is 0 Å². The zero-order valence-corrected chi connectivity index (χ0v) is 14.7. The van der Waals surface area contributed by atoms with E-state index in [2.05, 4.69) is 15.5 Å². The first-order valence-corrected chi connectivity index (χ1v) is 8.10. The lowest BCUT2D eigenvalue weighted by molar-refractivity contribution is -0.141. The standard InChI is InChI=1S/C16H19ClN4O4/c1-3-24-14(22)10-18-16(23)21(2)9-8-13-19-15(25-20-13)11-4-6-12(17)7-5-11/h4-7H,3,8-10H2,1-2H3,(H,18,23). The molecule has 0 bridgehead atoms. The van der Waals surface area contributed by atoms with Crippen molar-refractivity contribution in [3.8, 4) is 11.5 Å². The average molecular weight is 367 g/mol. The molecule has 0 fully saturated rings. The second kappa shape index (κ2) is 9.03. The molecule has 0 saturated carbocycles. The molecular weight excluding hydrogens is 348 g/mol. The van der Waals surface area contributed by atoms with Crippen LogP contribution in [0.4, 0.5) is 4.79 Å². The third-order valence-corrected chi connectivity index (χ3v) is 3.52. The lowest BCUT2D eigenvalue weighted by Gasteiger charge is -2.16. The van der Waals surface area contributed by atoms with Gasteiger partial charge in [-0.25, -0.2) is 4.79 Å². The van der Waals surface area contributed by atoms with Crippen LogP contribution < -0.4 is 5.32 Å². The van der Waals surface area contributed by atoms with Gasteiger partial charge >= 0.3 is 12.0 Å². The highest BCUT2D eigenvalue weighted by Crippen LogP contribution is 2.19. The summed E-state index contributed by atoms with van der Waals surface area (Å²) < 4.78 is 9.95. The first kappa shape index (κ1) is 18.7. The third kappa shape index (κ3) is 5.75. The largest absolute Gasteiger partial charge is 0.465 e. The number of urea groups is 1. The molecule has 0 aliphatic carbocycles. The molecule has 8 nitrogen and oxygen atoms in total. The molecule has 1 aromatic carbocycles. The maximum absolute atomic E-state index is 11.9. The highest BCUT2D eigenvalue weighted by Gasteiger charge is 2.13. The Bertz CT molecular complexity index is 717. The van der Waals surface area contributed by atoms with Gasteiger partial charge in [0.15, 0.2) is 5.82 Å². The van der Waals surface area contributed by atoms with Crippen LogP contribution in [0.1, 0.15) is 12.7 Å². The van der Waals surface area contributed by atoms with Gasteiger partial charge in [0.2, 0.25) is 0 Å². The van der Waals surface area contributed by atoms with E-state index >= 15 is 0 Å². The Labute approximate surface area is 150 Å². The molecule has 0 atom stereocenters. The van der Waals surface area contributed by atoms with Gasteiger partial charge in [-0.3, -0.25) is 4.79 Å². The summed E-state index contributed by atoms with van der Waals surface area (Å²) in [4.78, 5) is 28.8. The van der Waals surface area contributed by atoms with Gasteiger partial charge < -0.3 is 19.5 Å². The first-order chi connectivity index (χ1) is 12.0. The summed E-state index contributed by atoms with van der Waals surface area (Å²) in [5, 5.41) is 6.99. The number of hydrogen-bond acceptors (Lipinski definition) is 6. The molecule has 0 spiro atoms. The number of likely N-dealkylation sites (N-methyl/N-ethyl adjacent to an activating group) is 1. The molecule has 1 heterocycles. The molecule has 0 unspecified atom stereocenters. The molecule has 25 heavy (non-hydrogen) atoms. The Morgan fingerprint density at radius 1 is 1.32 bits per heavy atom. The van der Waals surface area contributed by atoms with Crippen LogP contribution in [-0.4, -0.2) is 53.8 Å². The highest BCUT2D eigenvalue weighted by molar-refractivity contribution is 6.30. The number of benzene rings is 1. The number of halogens is 1. The van der Waals surface area contributed by atoms with E-state index in [4.69, 9.17) is 20.9 Å². The predicted octanol–water partition coefficient (Wildman–Crippen LogP) is 2.14. The smallest absolute Gasteiger partial charge is 0.325 e. The molecule has 9 heteroatoms.